The highest BCUT2D eigenvalue weighted by molar-refractivity contribution is 5.79. The zero-order chi connectivity index (χ0) is 15.8. The number of hydrogen-bond acceptors (Lipinski definition) is 3. The predicted molar refractivity (Wildman–Crippen MR) is 87.1 cm³/mol. The minimum atomic E-state index is 0.0781. The van der Waals surface area contributed by atoms with E-state index in [1.54, 1.807) is 0 Å². The summed E-state index contributed by atoms with van der Waals surface area (Å²) in [5.41, 5.74) is 4.92. The van der Waals surface area contributed by atoms with Gasteiger partial charge in [0, 0.05) is 12.6 Å². The van der Waals surface area contributed by atoms with E-state index in [-0.39, 0.29) is 11.9 Å². The molecule has 4 heteroatoms. The average molecular weight is 310 g/mol. The third kappa shape index (κ3) is 2.78. The van der Waals surface area contributed by atoms with Crippen molar-refractivity contribution in [2.75, 3.05) is 6.54 Å². The number of carbonyl (C=O) groups excluding carboxylic acids is 1. The van der Waals surface area contributed by atoms with Gasteiger partial charge in [-0.25, -0.2) is 0 Å². The maximum atomic E-state index is 12.8. The van der Waals surface area contributed by atoms with Crippen molar-refractivity contribution in [3.63, 3.8) is 0 Å². The highest BCUT2D eigenvalue weighted by Gasteiger charge is 2.32. The Morgan fingerprint density at radius 3 is 2.96 bits per heavy atom. The Morgan fingerprint density at radius 2 is 2.13 bits per heavy atom. The first kappa shape index (κ1) is 14.5. The molecule has 4 nitrogen and oxygen atoms in total. The summed E-state index contributed by atoms with van der Waals surface area (Å²) in [7, 11) is 0. The average Bonchev–Trinajstić information content (AvgIpc) is 3.26. The molecule has 0 N–H and O–H groups in total. The van der Waals surface area contributed by atoms with Gasteiger partial charge in [-0.15, -0.1) is 0 Å². The first-order valence-electron chi connectivity index (χ1n) is 8.54. The van der Waals surface area contributed by atoms with Crippen molar-refractivity contribution in [3.05, 3.63) is 52.4 Å². The first-order chi connectivity index (χ1) is 11.2. The third-order valence-corrected chi connectivity index (χ3v) is 5.08. The van der Waals surface area contributed by atoms with Crippen LogP contribution in [0.4, 0.5) is 0 Å². The number of carbonyl (C=O) groups is 1. The van der Waals surface area contributed by atoms with Crippen molar-refractivity contribution in [2.45, 2.75) is 51.5 Å². The summed E-state index contributed by atoms with van der Waals surface area (Å²) in [5.74, 6) is 1.00. The molecule has 1 aromatic heterocycles. The summed E-state index contributed by atoms with van der Waals surface area (Å²) >= 11 is 0. The lowest BCUT2D eigenvalue weighted by Gasteiger charge is -2.23. The van der Waals surface area contributed by atoms with E-state index in [2.05, 4.69) is 23.4 Å². The molecule has 1 atom stereocenters. The molecule has 1 saturated heterocycles. The molecule has 0 radical (unpaired) electrons. The van der Waals surface area contributed by atoms with E-state index < -0.39 is 0 Å². The molecule has 0 unspecified atom stereocenters. The van der Waals surface area contributed by atoms with Crippen molar-refractivity contribution in [1.29, 1.82) is 0 Å². The molecule has 23 heavy (non-hydrogen) atoms. The standard InChI is InChI=1S/C19H22N2O2/c1-13-10-17(20-23-13)18-6-3-9-21(18)19(22)12-14-7-8-15-4-2-5-16(15)11-14/h7-8,10-11,18H,2-6,9,12H2,1H3/t18-/m1/s1. The van der Waals surface area contributed by atoms with Crippen LogP contribution in [0.25, 0.3) is 0 Å². The minimum absolute atomic E-state index is 0.0781. The van der Waals surface area contributed by atoms with Crippen LogP contribution in [0.1, 0.15) is 53.4 Å². The molecule has 2 aliphatic rings. The molecule has 2 heterocycles. The molecule has 1 aliphatic heterocycles. The second kappa shape index (κ2) is 5.84. The van der Waals surface area contributed by atoms with Gasteiger partial charge in [0.1, 0.15) is 11.5 Å². The first-order valence-corrected chi connectivity index (χ1v) is 8.54. The summed E-state index contributed by atoms with van der Waals surface area (Å²) in [6, 6.07) is 8.58. The molecule has 1 aliphatic carbocycles. The zero-order valence-corrected chi connectivity index (χ0v) is 13.5. The van der Waals surface area contributed by atoms with Gasteiger partial charge in [-0.3, -0.25) is 4.79 Å². The quantitative estimate of drug-likeness (QED) is 0.873. The Morgan fingerprint density at radius 1 is 1.26 bits per heavy atom. The maximum Gasteiger partial charge on any atom is 0.227 e. The van der Waals surface area contributed by atoms with Gasteiger partial charge in [0.25, 0.3) is 0 Å². The van der Waals surface area contributed by atoms with Crippen LogP contribution in [0.15, 0.2) is 28.8 Å². The zero-order valence-electron chi connectivity index (χ0n) is 13.5. The number of nitrogens with zero attached hydrogens (tertiary/aromatic N) is 2. The monoisotopic (exact) mass is 310 g/mol. The summed E-state index contributed by atoms with van der Waals surface area (Å²) in [6.07, 6.45) is 6.08. The van der Waals surface area contributed by atoms with Gasteiger partial charge in [-0.1, -0.05) is 23.4 Å². The lowest BCUT2D eigenvalue weighted by atomic mass is 10.0. The minimum Gasteiger partial charge on any atom is -0.361 e. The normalized spacial score (nSPS) is 20.0. The fourth-order valence-corrected chi connectivity index (χ4v) is 3.93. The van der Waals surface area contributed by atoms with Crippen LogP contribution in [0, 0.1) is 6.92 Å². The SMILES string of the molecule is Cc1cc([C@H]2CCCN2C(=O)Cc2ccc3c(c2)CCC3)no1. The number of amides is 1. The van der Waals surface area contributed by atoms with Gasteiger partial charge < -0.3 is 9.42 Å². The van der Waals surface area contributed by atoms with Crippen LogP contribution in [0.5, 0.6) is 0 Å². The maximum absolute atomic E-state index is 12.8. The number of benzene rings is 1. The van der Waals surface area contributed by atoms with E-state index in [1.165, 1.54) is 24.0 Å². The van der Waals surface area contributed by atoms with Gasteiger partial charge in [0.15, 0.2) is 0 Å². The second-order valence-corrected chi connectivity index (χ2v) is 6.74. The number of likely N-dealkylation sites (tertiary alicyclic amines) is 1. The van der Waals surface area contributed by atoms with Gasteiger partial charge in [-0.05, 0) is 55.7 Å². The summed E-state index contributed by atoms with van der Waals surface area (Å²) < 4.78 is 5.19. The molecule has 1 fully saturated rings. The number of aromatic nitrogens is 1. The molecule has 1 aromatic carbocycles. The van der Waals surface area contributed by atoms with Crippen LogP contribution in [-0.2, 0) is 24.1 Å². The molecule has 4 rings (SSSR count). The molecule has 0 spiro atoms. The molecule has 0 bridgehead atoms. The van der Waals surface area contributed by atoms with Crippen molar-refractivity contribution in [3.8, 4) is 0 Å². The Kier molecular flexibility index (Phi) is 3.68. The van der Waals surface area contributed by atoms with Crippen molar-refractivity contribution >= 4 is 5.91 Å². The number of rotatable bonds is 3. The Bertz CT molecular complexity index is 735. The van der Waals surface area contributed by atoms with Crippen LogP contribution in [-0.4, -0.2) is 22.5 Å². The Balaban J connectivity index is 1.50. The third-order valence-electron chi connectivity index (χ3n) is 5.08. The fourth-order valence-electron chi connectivity index (χ4n) is 3.93. The lowest BCUT2D eigenvalue weighted by Crippen LogP contribution is -2.32. The molecule has 1 amide bonds. The smallest absolute Gasteiger partial charge is 0.227 e. The van der Waals surface area contributed by atoms with Gasteiger partial charge >= 0.3 is 0 Å². The van der Waals surface area contributed by atoms with E-state index >= 15 is 0 Å². The topological polar surface area (TPSA) is 46.3 Å². The number of aryl methyl sites for hydroxylation is 3. The van der Waals surface area contributed by atoms with Gasteiger partial charge in [-0.2, -0.15) is 0 Å². The van der Waals surface area contributed by atoms with E-state index in [9.17, 15) is 4.79 Å². The van der Waals surface area contributed by atoms with Gasteiger partial charge in [0.05, 0.1) is 12.5 Å². The van der Waals surface area contributed by atoms with E-state index in [0.29, 0.717) is 6.42 Å². The summed E-state index contributed by atoms with van der Waals surface area (Å²) in [4.78, 5) is 14.7. The van der Waals surface area contributed by atoms with E-state index in [1.807, 2.05) is 17.9 Å². The van der Waals surface area contributed by atoms with Crippen LogP contribution in [0.3, 0.4) is 0 Å². The van der Waals surface area contributed by atoms with Crippen LogP contribution >= 0.6 is 0 Å². The van der Waals surface area contributed by atoms with Gasteiger partial charge in [0.2, 0.25) is 5.91 Å². The van der Waals surface area contributed by atoms with E-state index in [4.69, 9.17) is 4.52 Å². The molecule has 0 saturated carbocycles. The van der Waals surface area contributed by atoms with E-state index in [0.717, 1.165) is 42.8 Å². The Hall–Kier alpha value is -2.10. The lowest BCUT2D eigenvalue weighted by molar-refractivity contribution is -0.131. The predicted octanol–water partition coefficient (Wildman–Crippen LogP) is 3.38. The molecular weight excluding hydrogens is 288 g/mol. The highest BCUT2D eigenvalue weighted by atomic mass is 16.5. The molecular formula is C19H22N2O2. The second-order valence-electron chi connectivity index (χ2n) is 6.74. The van der Waals surface area contributed by atoms with Crippen molar-refractivity contribution < 1.29 is 9.32 Å². The Labute approximate surface area is 136 Å². The fraction of sp³-hybridized carbons (Fsp3) is 0.474. The molecule has 2 aromatic rings. The summed E-state index contributed by atoms with van der Waals surface area (Å²) in [5, 5.41) is 4.12. The van der Waals surface area contributed by atoms with Crippen molar-refractivity contribution in [2.24, 2.45) is 0 Å². The van der Waals surface area contributed by atoms with Crippen LogP contribution in [0.2, 0.25) is 0 Å². The van der Waals surface area contributed by atoms with Crippen LogP contribution < -0.4 is 0 Å². The number of hydrogen-bond donors (Lipinski definition) is 0. The highest BCUT2D eigenvalue weighted by Crippen LogP contribution is 2.32. The summed E-state index contributed by atoms with van der Waals surface area (Å²) in [6.45, 7) is 2.71. The van der Waals surface area contributed by atoms with Crippen molar-refractivity contribution in [1.82, 2.24) is 10.1 Å². The largest absolute Gasteiger partial charge is 0.361 e. The number of fused-ring (bicyclic) bond motifs is 1. The molecule has 120 valence electrons.